The molecule has 0 aliphatic carbocycles. The van der Waals surface area contributed by atoms with Crippen LogP contribution in [0.3, 0.4) is 0 Å². The number of rotatable bonds is 2. The molecule has 0 aliphatic heterocycles. The lowest BCUT2D eigenvalue weighted by Gasteiger charge is -2.02. The molecule has 5 heteroatoms. The van der Waals surface area contributed by atoms with Gasteiger partial charge in [-0.15, -0.1) is 10.2 Å². The van der Waals surface area contributed by atoms with Crippen molar-refractivity contribution in [1.29, 1.82) is 0 Å². The molecule has 0 saturated carbocycles. The van der Waals surface area contributed by atoms with Crippen molar-refractivity contribution in [3.8, 4) is 11.1 Å². The first-order valence-corrected chi connectivity index (χ1v) is 5.33. The molecule has 3 rings (SSSR count). The van der Waals surface area contributed by atoms with Crippen LogP contribution in [0.1, 0.15) is 5.82 Å². The van der Waals surface area contributed by atoms with Crippen molar-refractivity contribution in [2.45, 2.75) is 6.54 Å². The van der Waals surface area contributed by atoms with Crippen molar-refractivity contribution in [3.05, 3.63) is 48.5 Å². The molecule has 0 unspecified atom stereocenters. The lowest BCUT2D eigenvalue weighted by molar-refractivity contribution is 0.881. The molecule has 0 spiro atoms. The van der Waals surface area contributed by atoms with Gasteiger partial charge in [-0.05, 0) is 5.56 Å². The average Bonchev–Trinajstić information content (AvgIpc) is 2.81. The van der Waals surface area contributed by atoms with E-state index in [1.165, 1.54) is 0 Å². The van der Waals surface area contributed by atoms with E-state index in [2.05, 4.69) is 15.2 Å². The third kappa shape index (κ3) is 1.66. The zero-order valence-electron chi connectivity index (χ0n) is 9.11. The molecule has 84 valence electrons. The summed E-state index contributed by atoms with van der Waals surface area (Å²) in [5.74, 6) is 1.29. The normalized spacial score (nSPS) is 10.9. The second-order valence-electron chi connectivity index (χ2n) is 3.70. The summed E-state index contributed by atoms with van der Waals surface area (Å²) in [6, 6.07) is 10.1. The fraction of sp³-hybridized carbons (Fsp3) is 0.0833. The second-order valence-corrected chi connectivity index (χ2v) is 3.70. The summed E-state index contributed by atoms with van der Waals surface area (Å²) >= 11 is 0. The first-order valence-electron chi connectivity index (χ1n) is 5.33. The Labute approximate surface area is 97.9 Å². The Morgan fingerprint density at radius 2 is 1.88 bits per heavy atom. The molecule has 0 bridgehead atoms. The summed E-state index contributed by atoms with van der Waals surface area (Å²) in [6.45, 7) is 0.348. The van der Waals surface area contributed by atoms with E-state index in [1.54, 1.807) is 6.20 Å². The van der Waals surface area contributed by atoms with E-state index < -0.39 is 0 Å². The Balaban J connectivity index is 2.19. The number of hydrogen-bond donors (Lipinski definition) is 1. The van der Waals surface area contributed by atoms with Crippen molar-refractivity contribution in [1.82, 2.24) is 19.6 Å². The maximum absolute atomic E-state index is 5.60. The molecule has 0 atom stereocenters. The molecule has 2 heterocycles. The predicted octanol–water partition coefficient (Wildman–Crippen LogP) is 1.25. The molecule has 5 nitrogen and oxygen atoms in total. The largest absolute Gasteiger partial charge is 0.324 e. The van der Waals surface area contributed by atoms with Crippen molar-refractivity contribution in [2.75, 3.05) is 0 Å². The number of fused-ring (bicyclic) bond motifs is 1. The van der Waals surface area contributed by atoms with Gasteiger partial charge in [-0.25, -0.2) is 4.98 Å². The second kappa shape index (κ2) is 3.95. The van der Waals surface area contributed by atoms with Crippen LogP contribution in [0.5, 0.6) is 0 Å². The van der Waals surface area contributed by atoms with E-state index in [0.717, 1.165) is 11.1 Å². The number of nitrogens with two attached hydrogens (primary N) is 1. The third-order valence-electron chi connectivity index (χ3n) is 2.63. The van der Waals surface area contributed by atoms with Gasteiger partial charge in [0.2, 0.25) is 0 Å². The van der Waals surface area contributed by atoms with E-state index in [4.69, 9.17) is 5.73 Å². The molecule has 0 radical (unpaired) electrons. The van der Waals surface area contributed by atoms with E-state index in [9.17, 15) is 0 Å². The van der Waals surface area contributed by atoms with Crippen LogP contribution in [-0.4, -0.2) is 19.6 Å². The van der Waals surface area contributed by atoms with Crippen LogP contribution in [0, 0.1) is 0 Å². The molecule has 17 heavy (non-hydrogen) atoms. The van der Waals surface area contributed by atoms with Crippen molar-refractivity contribution in [3.63, 3.8) is 0 Å². The first kappa shape index (κ1) is 9.92. The molecular formula is C12H11N5. The van der Waals surface area contributed by atoms with E-state index in [1.807, 2.05) is 40.9 Å². The molecule has 0 saturated heterocycles. The number of hydrogen-bond acceptors (Lipinski definition) is 4. The highest BCUT2D eigenvalue weighted by molar-refractivity contribution is 5.62. The van der Waals surface area contributed by atoms with Crippen molar-refractivity contribution < 1.29 is 0 Å². The van der Waals surface area contributed by atoms with Gasteiger partial charge in [0.15, 0.2) is 5.82 Å². The minimum atomic E-state index is 0.348. The quantitative estimate of drug-likeness (QED) is 0.712. The Morgan fingerprint density at radius 3 is 2.65 bits per heavy atom. The van der Waals surface area contributed by atoms with Gasteiger partial charge in [-0.2, -0.15) is 0 Å². The van der Waals surface area contributed by atoms with Gasteiger partial charge in [0.1, 0.15) is 0 Å². The van der Waals surface area contributed by atoms with Crippen LogP contribution in [0.15, 0.2) is 42.7 Å². The van der Waals surface area contributed by atoms with Crippen LogP contribution in [-0.2, 0) is 6.54 Å². The average molecular weight is 225 g/mol. The van der Waals surface area contributed by atoms with Gasteiger partial charge in [-0.3, -0.25) is 4.40 Å². The number of benzene rings is 1. The van der Waals surface area contributed by atoms with Gasteiger partial charge < -0.3 is 5.73 Å². The summed E-state index contributed by atoms with van der Waals surface area (Å²) in [7, 11) is 0. The summed E-state index contributed by atoms with van der Waals surface area (Å²) in [4.78, 5) is 4.26. The van der Waals surface area contributed by atoms with Gasteiger partial charge >= 0.3 is 0 Å². The molecule has 2 aromatic heterocycles. The molecule has 0 aliphatic rings. The Hall–Kier alpha value is -2.27. The number of aromatic nitrogens is 4. The molecule has 2 N–H and O–H groups in total. The van der Waals surface area contributed by atoms with Gasteiger partial charge in [0.25, 0.3) is 5.78 Å². The predicted molar refractivity (Wildman–Crippen MR) is 64.1 cm³/mol. The summed E-state index contributed by atoms with van der Waals surface area (Å²) in [5, 5.41) is 7.92. The van der Waals surface area contributed by atoms with Crippen LogP contribution in [0.2, 0.25) is 0 Å². The van der Waals surface area contributed by atoms with Crippen molar-refractivity contribution in [2.24, 2.45) is 5.73 Å². The lowest BCUT2D eigenvalue weighted by Crippen LogP contribution is -2.03. The fourth-order valence-corrected chi connectivity index (χ4v) is 1.75. The minimum absolute atomic E-state index is 0.348. The topological polar surface area (TPSA) is 69.1 Å². The van der Waals surface area contributed by atoms with E-state index >= 15 is 0 Å². The van der Waals surface area contributed by atoms with Crippen LogP contribution in [0.4, 0.5) is 0 Å². The monoisotopic (exact) mass is 225 g/mol. The Kier molecular flexibility index (Phi) is 2.31. The highest BCUT2D eigenvalue weighted by Gasteiger charge is 2.06. The van der Waals surface area contributed by atoms with E-state index in [0.29, 0.717) is 18.1 Å². The van der Waals surface area contributed by atoms with Gasteiger partial charge in [0.05, 0.1) is 6.54 Å². The molecule has 0 amide bonds. The summed E-state index contributed by atoms with van der Waals surface area (Å²) in [6.07, 6.45) is 3.75. The van der Waals surface area contributed by atoms with Crippen LogP contribution >= 0.6 is 0 Å². The van der Waals surface area contributed by atoms with Gasteiger partial charge in [-0.1, -0.05) is 30.3 Å². The first-order chi connectivity index (χ1) is 8.38. The summed E-state index contributed by atoms with van der Waals surface area (Å²) in [5.41, 5.74) is 7.73. The molecular weight excluding hydrogens is 214 g/mol. The molecule has 1 aromatic carbocycles. The molecule has 0 fully saturated rings. The van der Waals surface area contributed by atoms with E-state index in [-0.39, 0.29) is 0 Å². The standard InChI is InChI=1S/C12H11N5/c13-6-11-15-16-12-14-7-10(8-17(11)12)9-4-2-1-3-5-9/h1-5,7-8H,6,13H2. The zero-order valence-corrected chi connectivity index (χ0v) is 9.11. The fourth-order valence-electron chi connectivity index (χ4n) is 1.75. The molecule has 3 aromatic rings. The Bertz CT molecular complexity index is 644. The smallest absolute Gasteiger partial charge is 0.255 e. The van der Waals surface area contributed by atoms with Crippen molar-refractivity contribution >= 4 is 5.78 Å². The lowest BCUT2D eigenvalue weighted by atomic mass is 10.1. The SMILES string of the molecule is NCc1nnc2ncc(-c3ccccc3)cn12. The highest BCUT2D eigenvalue weighted by Crippen LogP contribution is 2.18. The maximum atomic E-state index is 5.60. The zero-order chi connectivity index (χ0) is 11.7. The third-order valence-corrected chi connectivity index (χ3v) is 2.63. The van der Waals surface area contributed by atoms with Gasteiger partial charge in [0, 0.05) is 18.0 Å². The number of nitrogens with zero attached hydrogens (tertiary/aromatic N) is 4. The Morgan fingerprint density at radius 1 is 1.06 bits per heavy atom. The van der Waals surface area contributed by atoms with Crippen LogP contribution < -0.4 is 5.73 Å². The summed E-state index contributed by atoms with van der Waals surface area (Å²) < 4.78 is 1.82. The highest BCUT2D eigenvalue weighted by atomic mass is 15.3. The minimum Gasteiger partial charge on any atom is -0.324 e. The van der Waals surface area contributed by atoms with Crippen LogP contribution in [0.25, 0.3) is 16.9 Å². The maximum Gasteiger partial charge on any atom is 0.255 e.